The number of hydrogen-bond acceptors (Lipinski definition) is 7. The highest BCUT2D eigenvalue weighted by Crippen LogP contribution is 2.34. The maximum atomic E-state index is 12.7. The van der Waals surface area contributed by atoms with Gasteiger partial charge in [0.1, 0.15) is 17.2 Å². The molecular weight excluding hydrogens is 374 g/mol. The predicted molar refractivity (Wildman–Crippen MR) is 96.8 cm³/mol. The lowest BCUT2D eigenvalue weighted by molar-refractivity contribution is -0.116. The Morgan fingerprint density at radius 2 is 2.11 bits per heavy atom. The summed E-state index contributed by atoms with van der Waals surface area (Å²) >= 11 is 1.08. The van der Waals surface area contributed by atoms with Crippen molar-refractivity contribution in [3.05, 3.63) is 45.3 Å². The van der Waals surface area contributed by atoms with Gasteiger partial charge in [-0.15, -0.1) is 11.3 Å². The minimum absolute atomic E-state index is 0.00831. The monoisotopic (exact) mass is 387 g/mol. The Morgan fingerprint density at radius 3 is 2.89 bits per heavy atom. The first-order valence-electron chi connectivity index (χ1n) is 7.85. The summed E-state index contributed by atoms with van der Waals surface area (Å²) in [7, 11) is 0. The lowest BCUT2D eigenvalue weighted by atomic mass is 10.2. The van der Waals surface area contributed by atoms with Gasteiger partial charge in [0.05, 0.1) is 10.9 Å². The van der Waals surface area contributed by atoms with Crippen LogP contribution in [0.1, 0.15) is 16.2 Å². The molecule has 3 heterocycles. The SMILES string of the molecule is Cc1nc2scc(C(=O)O)c2c(=O)n1CC(=O)Nc1ccc2c(c1)OCO2. The molecule has 138 valence electrons. The summed E-state index contributed by atoms with van der Waals surface area (Å²) in [5.74, 6) is -0.221. The molecule has 9 nitrogen and oxygen atoms in total. The van der Waals surface area contributed by atoms with Crippen LogP contribution in [-0.2, 0) is 11.3 Å². The van der Waals surface area contributed by atoms with Crippen LogP contribution in [0.15, 0.2) is 28.4 Å². The average Bonchev–Trinajstić information content (AvgIpc) is 3.24. The average molecular weight is 387 g/mol. The van der Waals surface area contributed by atoms with Crippen molar-refractivity contribution < 1.29 is 24.2 Å². The van der Waals surface area contributed by atoms with Gasteiger partial charge in [-0.3, -0.25) is 14.2 Å². The van der Waals surface area contributed by atoms with E-state index in [0.29, 0.717) is 27.8 Å². The van der Waals surface area contributed by atoms with Gasteiger partial charge in [-0.25, -0.2) is 9.78 Å². The standard InChI is InChI=1S/C17H13N3O6S/c1-8-18-15-14(10(6-27-15)17(23)24)16(22)20(8)5-13(21)19-9-2-3-11-12(4-9)26-7-25-11/h2-4,6H,5,7H2,1H3,(H,19,21)(H,23,24). The van der Waals surface area contributed by atoms with Crippen molar-refractivity contribution in [3.63, 3.8) is 0 Å². The van der Waals surface area contributed by atoms with Crippen molar-refractivity contribution in [2.24, 2.45) is 0 Å². The highest BCUT2D eigenvalue weighted by Gasteiger charge is 2.20. The van der Waals surface area contributed by atoms with Crippen molar-refractivity contribution >= 4 is 39.1 Å². The number of fused-ring (bicyclic) bond motifs is 2. The molecule has 27 heavy (non-hydrogen) atoms. The number of benzene rings is 1. The largest absolute Gasteiger partial charge is 0.478 e. The normalized spacial score (nSPS) is 12.3. The quantitative estimate of drug-likeness (QED) is 0.701. The molecule has 0 aliphatic carbocycles. The number of ether oxygens (including phenoxy) is 2. The van der Waals surface area contributed by atoms with Crippen LogP contribution >= 0.6 is 11.3 Å². The van der Waals surface area contributed by atoms with Crippen LogP contribution in [0.4, 0.5) is 5.69 Å². The number of carboxylic acids is 1. The molecule has 1 amide bonds. The number of carbonyl (C=O) groups is 2. The molecule has 2 N–H and O–H groups in total. The lowest BCUT2D eigenvalue weighted by Gasteiger charge is -2.10. The van der Waals surface area contributed by atoms with Crippen molar-refractivity contribution in [3.8, 4) is 11.5 Å². The number of hydrogen-bond donors (Lipinski definition) is 2. The Bertz CT molecular complexity index is 1150. The van der Waals surface area contributed by atoms with Gasteiger partial charge in [0.15, 0.2) is 11.5 Å². The molecule has 0 atom stereocenters. The number of aromatic nitrogens is 2. The molecular formula is C17H13N3O6S. The summed E-state index contributed by atoms with van der Waals surface area (Å²) in [5, 5.41) is 13.3. The molecule has 1 aromatic carbocycles. The van der Waals surface area contributed by atoms with E-state index in [9.17, 15) is 19.5 Å². The minimum atomic E-state index is -1.21. The predicted octanol–water partition coefficient (Wildman–Crippen LogP) is 1.83. The van der Waals surface area contributed by atoms with E-state index >= 15 is 0 Å². The summed E-state index contributed by atoms with van der Waals surface area (Å²) in [6.45, 7) is 1.42. The summed E-state index contributed by atoms with van der Waals surface area (Å²) in [6, 6.07) is 4.95. The number of aryl methyl sites for hydroxylation is 1. The Balaban J connectivity index is 1.63. The van der Waals surface area contributed by atoms with E-state index in [1.165, 1.54) is 5.38 Å². The van der Waals surface area contributed by atoms with Gasteiger partial charge < -0.3 is 19.9 Å². The molecule has 1 aliphatic heterocycles. The molecule has 0 bridgehead atoms. The van der Waals surface area contributed by atoms with E-state index in [1.807, 2.05) is 0 Å². The van der Waals surface area contributed by atoms with E-state index in [2.05, 4.69) is 10.3 Å². The highest BCUT2D eigenvalue weighted by atomic mass is 32.1. The molecule has 3 aromatic rings. The van der Waals surface area contributed by atoms with E-state index < -0.39 is 17.4 Å². The van der Waals surface area contributed by atoms with Crippen molar-refractivity contribution in [2.75, 3.05) is 12.1 Å². The summed E-state index contributed by atoms with van der Waals surface area (Å²) in [6.07, 6.45) is 0. The zero-order valence-corrected chi connectivity index (χ0v) is 14.8. The third-order valence-electron chi connectivity index (χ3n) is 4.07. The van der Waals surface area contributed by atoms with Gasteiger partial charge in [0, 0.05) is 17.1 Å². The number of amides is 1. The summed E-state index contributed by atoms with van der Waals surface area (Å²) in [5.41, 5.74) is -0.180. The fourth-order valence-electron chi connectivity index (χ4n) is 2.79. The molecule has 0 unspecified atom stereocenters. The maximum Gasteiger partial charge on any atom is 0.337 e. The molecule has 0 fully saturated rings. The molecule has 4 rings (SSSR count). The summed E-state index contributed by atoms with van der Waals surface area (Å²) < 4.78 is 11.6. The second kappa shape index (κ2) is 6.40. The second-order valence-corrected chi connectivity index (χ2v) is 6.66. The second-order valence-electron chi connectivity index (χ2n) is 5.80. The van der Waals surface area contributed by atoms with E-state index in [0.717, 1.165) is 15.9 Å². The first-order valence-corrected chi connectivity index (χ1v) is 8.73. The lowest BCUT2D eigenvalue weighted by Crippen LogP contribution is -2.30. The van der Waals surface area contributed by atoms with Gasteiger partial charge in [0.25, 0.3) is 5.56 Å². The summed E-state index contributed by atoms with van der Waals surface area (Å²) in [4.78, 5) is 41.0. The first kappa shape index (κ1) is 17.0. The van der Waals surface area contributed by atoms with E-state index in [1.54, 1.807) is 25.1 Å². The van der Waals surface area contributed by atoms with Gasteiger partial charge in [-0.1, -0.05) is 0 Å². The third kappa shape index (κ3) is 2.99. The molecule has 0 radical (unpaired) electrons. The fourth-order valence-corrected chi connectivity index (χ4v) is 3.74. The van der Waals surface area contributed by atoms with Crippen LogP contribution in [0, 0.1) is 6.92 Å². The van der Waals surface area contributed by atoms with Gasteiger partial charge in [-0.05, 0) is 19.1 Å². The van der Waals surface area contributed by atoms with Crippen LogP contribution in [0.5, 0.6) is 11.5 Å². The molecule has 10 heteroatoms. The Hall–Kier alpha value is -3.40. The van der Waals surface area contributed by atoms with E-state index in [4.69, 9.17) is 9.47 Å². The topological polar surface area (TPSA) is 120 Å². The van der Waals surface area contributed by atoms with Crippen LogP contribution in [0.2, 0.25) is 0 Å². The van der Waals surface area contributed by atoms with Crippen molar-refractivity contribution in [1.29, 1.82) is 0 Å². The Morgan fingerprint density at radius 1 is 1.33 bits per heavy atom. The maximum absolute atomic E-state index is 12.7. The van der Waals surface area contributed by atoms with Crippen molar-refractivity contribution in [1.82, 2.24) is 9.55 Å². The van der Waals surface area contributed by atoms with Crippen molar-refractivity contribution in [2.45, 2.75) is 13.5 Å². The van der Waals surface area contributed by atoms with E-state index in [-0.39, 0.29) is 24.3 Å². The smallest absolute Gasteiger partial charge is 0.337 e. The number of carbonyl (C=O) groups excluding carboxylic acids is 1. The number of thiophene rings is 1. The molecule has 0 spiro atoms. The zero-order valence-electron chi connectivity index (χ0n) is 14.0. The number of rotatable bonds is 4. The number of anilines is 1. The minimum Gasteiger partial charge on any atom is -0.478 e. The number of nitrogens with one attached hydrogen (secondary N) is 1. The van der Waals surface area contributed by atoms with Crippen LogP contribution in [-0.4, -0.2) is 33.3 Å². The number of carboxylic acid groups (broad SMARTS) is 1. The third-order valence-corrected chi connectivity index (χ3v) is 4.95. The Labute approximate surface area is 155 Å². The molecule has 2 aromatic heterocycles. The van der Waals surface area contributed by atoms with Gasteiger partial charge in [-0.2, -0.15) is 0 Å². The van der Waals surface area contributed by atoms with Crippen LogP contribution < -0.4 is 20.3 Å². The fraction of sp³-hybridized carbons (Fsp3) is 0.176. The molecule has 0 saturated heterocycles. The Kier molecular flexibility index (Phi) is 4.04. The zero-order chi connectivity index (χ0) is 19.1. The number of aromatic carboxylic acids is 1. The number of nitrogens with zero attached hydrogens (tertiary/aromatic N) is 2. The molecule has 1 aliphatic rings. The van der Waals surface area contributed by atoms with Crippen LogP contribution in [0.3, 0.4) is 0 Å². The van der Waals surface area contributed by atoms with Gasteiger partial charge >= 0.3 is 5.97 Å². The molecule has 0 saturated carbocycles. The highest BCUT2D eigenvalue weighted by molar-refractivity contribution is 7.17. The first-order chi connectivity index (χ1) is 12.9. The van der Waals surface area contributed by atoms with Crippen LogP contribution in [0.25, 0.3) is 10.2 Å². The van der Waals surface area contributed by atoms with Gasteiger partial charge in [0.2, 0.25) is 12.7 Å².